The summed E-state index contributed by atoms with van der Waals surface area (Å²) >= 11 is 0. The van der Waals surface area contributed by atoms with E-state index in [4.69, 9.17) is 5.73 Å². The molecule has 19 heavy (non-hydrogen) atoms. The summed E-state index contributed by atoms with van der Waals surface area (Å²) in [7, 11) is 0. The summed E-state index contributed by atoms with van der Waals surface area (Å²) in [6.07, 6.45) is 6.73. The lowest BCUT2D eigenvalue weighted by Crippen LogP contribution is -2.03. The molecule has 0 fully saturated rings. The Morgan fingerprint density at radius 3 is 2.63 bits per heavy atom. The molecule has 0 aliphatic carbocycles. The summed E-state index contributed by atoms with van der Waals surface area (Å²) in [5.41, 5.74) is 9.45. The maximum Gasteiger partial charge on any atom is 0.0486 e. The van der Waals surface area contributed by atoms with Crippen LogP contribution in [0, 0.1) is 0 Å². The second kappa shape index (κ2) is 5.24. The quantitative estimate of drug-likeness (QED) is 0.774. The maximum absolute atomic E-state index is 5.63. The van der Waals surface area contributed by atoms with Gasteiger partial charge in [-0.1, -0.05) is 12.1 Å². The zero-order chi connectivity index (χ0) is 13.1. The highest BCUT2D eigenvalue weighted by Gasteiger charge is 2.03. The van der Waals surface area contributed by atoms with E-state index in [-0.39, 0.29) is 0 Å². The SMILES string of the molecule is NCCc1ccc2ccn(Cc3ccncc3)c2c1. The van der Waals surface area contributed by atoms with Gasteiger partial charge in [0.2, 0.25) is 0 Å². The van der Waals surface area contributed by atoms with Gasteiger partial charge in [0.1, 0.15) is 0 Å². The Bertz CT molecular complexity index is 671. The first-order valence-electron chi connectivity index (χ1n) is 6.53. The molecule has 3 nitrogen and oxygen atoms in total. The van der Waals surface area contributed by atoms with Crippen LogP contribution in [0.25, 0.3) is 10.9 Å². The van der Waals surface area contributed by atoms with Gasteiger partial charge in [0.15, 0.2) is 0 Å². The van der Waals surface area contributed by atoms with E-state index in [1.807, 2.05) is 12.4 Å². The lowest BCUT2D eigenvalue weighted by atomic mass is 10.1. The van der Waals surface area contributed by atoms with E-state index in [9.17, 15) is 0 Å². The molecule has 0 unspecified atom stereocenters. The Kier molecular flexibility index (Phi) is 3.29. The average Bonchev–Trinajstić information content (AvgIpc) is 2.83. The summed E-state index contributed by atoms with van der Waals surface area (Å²) in [5.74, 6) is 0. The molecule has 2 aromatic heterocycles. The fraction of sp³-hybridized carbons (Fsp3) is 0.188. The Hall–Kier alpha value is -2.13. The highest BCUT2D eigenvalue weighted by atomic mass is 14.9. The van der Waals surface area contributed by atoms with Crippen molar-refractivity contribution >= 4 is 10.9 Å². The summed E-state index contributed by atoms with van der Waals surface area (Å²) < 4.78 is 2.27. The number of hydrogen-bond donors (Lipinski definition) is 1. The van der Waals surface area contributed by atoms with E-state index < -0.39 is 0 Å². The minimum absolute atomic E-state index is 0.691. The predicted molar refractivity (Wildman–Crippen MR) is 78.0 cm³/mol. The number of benzene rings is 1. The van der Waals surface area contributed by atoms with Gasteiger partial charge in [-0.2, -0.15) is 0 Å². The number of rotatable bonds is 4. The molecule has 0 spiro atoms. The molecule has 0 saturated heterocycles. The third-order valence-electron chi connectivity index (χ3n) is 3.37. The summed E-state index contributed by atoms with van der Waals surface area (Å²) in [5, 5.41) is 1.27. The second-order valence-corrected chi connectivity index (χ2v) is 4.73. The largest absolute Gasteiger partial charge is 0.343 e. The van der Waals surface area contributed by atoms with Crippen LogP contribution in [0.4, 0.5) is 0 Å². The van der Waals surface area contributed by atoms with Crippen LogP contribution in [-0.4, -0.2) is 16.1 Å². The molecule has 2 N–H and O–H groups in total. The van der Waals surface area contributed by atoms with Gasteiger partial charge in [0.25, 0.3) is 0 Å². The first-order valence-corrected chi connectivity index (χ1v) is 6.53. The van der Waals surface area contributed by atoms with Crippen molar-refractivity contribution in [3.8, 4) is 0 Å². The third kappa shape index (κ3) is 2.51. The number of nitrogens with two attached hydrogens (primary N) is 1. The normalized spacial score (nSPS) is 11.0. The lowest BCUT2D eigenvalue weighted by Gasteiger charge is -2.07. The van der Waals surface area contributed by atoms with Crippen LogP contribution < -0.4 is 5.73 Å². The van der Waals surface area contributed by atoms with Crippen molar-refractivity contribution in [1.29, 1.82) is 0 Å². The standard InChI is InChI=1S/C16H17N3/c17-7-3-13-1-2-15-6-10-19(16(15)11-13)12-14-4-8-18-9-5-14/h1-2,4-6,8-11H,3,7,12,17H2. The molecule has 0 aliphatic rings. The van der Waals surface area contributed by atoms with E-state index in [1.54, 1.807) is 0 Å². The number of nitrogens with zero attached hydrogens (tertiary/aromatic N) is 2. The van der Waals surface area contributed by atoms with Crippen LogP contribution in [-0.2, 0) is 13.0 Å². The molecule has 3 rings (SSSR count). The van der Waals surface area contributed by atoms with Crippen LogP contribution in [0.1, 0.15) is 11.1 Å². The average molecular weight is 251 g/mol. The molecular formula is C16H17N3. The van der Waals surface area contributed by atoms with Crippen molar-refractivity contribution in [3.63, 3.8) is 0 Å². The Morgan fingerprint density at radius 1 is 1.00 bits per heavy atom. The van der Waals surface area contributed by atoms with Gasteiger partial charge < -0.3 is 10.3 Å². The van der Waals surface area contributed by atoms with E-state index in [1.165, 1.54) is 22.0 Å². The van der Waals surface area contributed by atoms with Crippen molar-refractivity contribution in [2.75, 3.05) is 6.54 Å². The van der Waals surface area contributed by atoms with Crippen molar-refractivity contribution in [2.45, 2.75) is 13.0 Å². The fourth-order valence-corrected chi connectivity index (χ4v) is 2.37. The Balaban J connectivity index is 1.97. The van der Waals surface area contributed by atoms with Crippen LogP contribution >= 0.6 is 0 Å². The molecule has 0 atom stereocenters. The van der Waals surface area contributed by atoms with Crippen molar-refractivity contribution in [2.24, 2.45) is 5.73 Å². The fourth-order valence-electron chi connectivity index (χ4n) is 2.37. The molecule has 0 radical (unpaired) electrons. The van der Waals surface area contributed by atoms with Gasteiger partial charge in [0.05, 0.1) is 0 Å². The van der Waals surface area contributed by atoms with Crippen molar-refractivity contribution < 1.29 is 0 Å². The van der Waals surface area contributed by atoms with Gasteiger partial charge in [0, 0.05) is 30.7 Å². The number of fused-ring (bicyclic) bond motifs is 1. The minimum Gasteiger partial charge on any atom is -0.343 e. The summed E-state index contributed by atoms with van der Waals surface area (Å²) in [6, 6.07) is 12.8. The highest BCUT2D eigenvalue weighted by molar-refractivity contribution is 5.81. The molecule has 1 aromatic carbocycles. The zero-order valence-corrected chi connectivity index (χ0v) is 10.8. The minimum atomic E-state index is 0.691. The predicted octanol–water partition coefficient (Wildman–Crippen LogP) is 2.59. The van der Waals surface area contributed by atoms with Crippen LogP contribution in [0.5, 0.6) is 0 Å². The molecule has 96 valence electrons. The molecule has 0 aliphatic heterocycles. The lowest BCUT2D eigenvalue weighted by molar-refractivity contribution is 0.833. The molecule has 3 heteroatoms. The first kappa shape index (κ1) is 11.9. The summed E-state index contributed by atoms with van der Waals surface area (Å²) in [6.45, 7) is 1.56. The van der Waals surface area contributed by atoms with E-state index in [0.717, 1.165) is 13.0 Å². The van der Waals surface area contributed by atoms with Gasteiger partial charge in [-0.25, -0.2) is 0 Å². The second-order valence-electron chi connectivity index (χ2n) is 4.73. The Morgan fingerprint density at radius 2 is 1.84 bits per heavy atom. The zero-order valence-electron chi connectivity index (χ0n) is 10.8. The van der Waals surface area contributed by atoms with Gasteiger partial charge in [-0.05, 0) is 53.7 Å². The van der Waals surface area contributed by atoms with Crippen molar-refractivity contribution in [1.82, 2.24) is 9.55 Å². The molecule has 3 aromatic rings. The van der Waals surface area contributed by atoms with Gasteiger partial charge in [-0.3, -0.25) is 4.98 Å². The molecule has 0 bridgehead atoms. The van der Waals surface area contributed by atoms with E-state index in [0.29, 0.717) is 6.54 Å². The number of pyridine rings is 1. The molecule has 0 saturated carbocycles. The maximum atomic E-state index is 5.63. The number of hydrogen-bond acceptors (Lipinski definition) is 2. The smallest absolute Gasteiger partial charge is 0.0486 e. The van der Waals surface area contributed by atoms with Crippen LogP contribution in [0.15, 0.2) is 55.0 Å². The van der Waals surface area contributed by atoms with Gasteiger partial charge in [-0.15, -0.1) is 0 Å². The monoisotopic (exact) mass is 251 g/mol. The molecule has 0 amide bonds. The topological polar surface area (TPSA) is 43.8 Å². The number of aromatic nitrogens is 2. The molecule has 2 heterocycles. The first-order chi connectivity index (χ1) is 9.36. The highest BCUT2D eigenvalue weighted by Crippen LogP contribution is 2.19. The van der Waals surface area contributed by atoms with E-state index in [2.05, 4.69) is 52.1 Å². The third-order valence-corrected chi connectivity index (χ3v) is 3.37. The van der Waals surface area contributed by atoms with Crippen LogP contribution in [0.2, 0.25) is 0 Å². The van der Waals surface area contributed by atoms with Crippen LogP contribution in [0.3, 0.4) is 0 Å². The molecular weight excluding hydrogens is 234 g/mol. The Labute approximate surface area is 112 Å². The van der Waals surface area contributed by atoms with Crippen molar-refractivity contribution in [3.05, 3.63) is 66.1 Å². The summed E-state index contributed by atoms with van der Waals surface area (Å²) in [4.78, 5) is 4.05. The van der Waals surface area contributed by atoms with E-state index >= 15 is 0 Å². The van der Waals surface area contributed by atoms with Gasteiger partial charge >= 0.3 is 0 Å².